The Hall–Kier alpha value is -2.23. The smallest absolute Gasteiger partial charge is 0.155 e. The van der Waals surface area contributed by atoms with Crippen LogP contribution in [-0.2, 0) is 6.42 Å². The summed E-state index contributed by atoms with van der Waals surface area (Å²) in [7, 11) is 0. The maximum absolute atomic E-state index is 5.56. The molecule has 3 rings (SSSR count). The van der Waals surface area contributed by atoms with Crippen molar-refractivity contribution in [3.63, 3.8) is 0 Å². The third-order valence-electron chi connectivity index (χ3n) is 2.83. The van der Waals surface area contributed by atoms with Crippen LogP contribution in [0, 0.1) is 0 Å². The zero-order valence-corrected chi connectivity index (χ0v) is 9.93. The lowest BCUT2D eigenvalue weighted by molar-refractivity contribution is 0.287. The van der Waals surface area contributed by atoms with Gasteiger partial charge < -0.3 is 9.57 Å². The van der Waals surface area contributed by atoms with E-state index in [1.54, 1.807) is 12.4 Å². The van der Waals surface area contributed by atoms with Crippen LogP contribution in [0.1, 0.15) is 12.0 Å². The molecule has 0 saturated heterocycles. The summed E-state index contributed by atoms with van der Waals surface area (Å²) in [5, 5.41) is 0. The Morgan fingerprint density at radius 2 is 2.28 bits per heavy atom. The van der Waals surface area contributed by atoms with E-state index in [2.05, 4.69) is 10.5 Å². The molecule has 0 bridgehead atoms. The highest BCUT2D eigenvalue weighted by Crippen LogP contribution is 2.28. The van der Waals surface area contributed by atoms with E-state index in [4.69, 9.17) is 9.57 Å². The van der Waals surface area contributed by atoms with Crippen LogP contribution >= 0.6 is 0 Å². The Morgan fingerprint density at radius 3 is 3.17 bits per heavy atom. The Kier molecular flexibility index (Phi) is 3.00. The Balaban J connectivity index is 1.70. The van der Waals surface area contributed by atoms with Crippen molar-refractivity contribution >= 4 is 5.69 Å². The molecular formula is C14H14N2O2. The number of hydrogen-bond acceptors (Lipinski definition) is 4. The molecule has 0 radical (unpaired) electrons. The van der Waals surface area contributed by atoms with Gasteiger partial charge >= 0.3 is 0 Å². The van der Waals surface area contributed by atoms with Gasteiger partial charge in [-0.2, -0.15) is 0 Å². The molecular weight excluding hydrogens is 228 g/mol. The monoisotopic (exact) mass is 242 g/mol. The molecule has 2 heterocycles. The maximum atomic E-state index is 5.56. The molecule has 92 valence electrons. The van der Waals surface area contributed by atoms with Crippen LogP contribution in [0.3, 0.4) is 0 Å². The first-order chi connectivity index (χ1) is 8.92. The van der Waals surface area contributed by atoms with Crippen LogP contribution < -0.4 is 15.1 Å². The van der Waals surface area contributed by atoms with Crippen molar-refractivity contribution in [3.05, 3.63) is 48.3 Å². The molecule has 1 aliphatic rings. The first-order valence-electron chi connectivity index (χ1n) is 6.00. The van der Waals surface area contributed by atoms with Gasteiger partial charge in [0.25, 0.3) is 0 Å². The first kappa shape index (κ1) is 10.9. The van der Waals surface area contributed by atoms with Gasteiger partial charge in [-0.1, -0.05) is 0 Å². The van der Waals surface area contributed by atoms with E-state index in [1.807, 2.05) is 30.3 Å². The fraction of sp³-hybridized carbons (Fsp3) is 0.214. The van der Waals surface area contributed by atoms with Gasteiger partial charge in [0.15, 0.2) is 5.75 Å². The van der Waals surface area contributed by atoms with Gasteiger partial charge in [-0.25, -0.2) is 5.48 Å². The number of benzene rings is 1. The van der Waals surface area contributed by atoms with Crippen molar-refractivity contribution in [2.75, 3.05) is 12.1 Å². The summed E-state index contributed by atoms with van der Waals surface area (Å²) in [4.78, 5) is 9.52. The minimum Gasteiger partial charge on any atom is -0.493 e. The van der Waals surface area contributed by atoms with E-state index in [1.165, 1.54) is 5.56 Å². The number of rotatable bonds is 3. The SMILES string of the molecule is c1cncc(NOc2ccc3c(c2)CCCO3)c1. The second-order valence-corrected chi connectivity index (χ2v) is 4.17. The molecule has 0 atom stereocenters. The number of nitrogens with zero attached hydrogens (tertiary/aromatic N) is 1. The van der Waals surface area contributed by atoms with Gasteiger partial charge in [0.05, 0.1) is 18.5 Å². The normalized spacial score (nSPS) is 13.3. The second-order valence-electron chi connectivity index (χ2n) is 4.17. The lowest BCUT2D eigenvalue weighted by Gasteiger charge is -2.17. The zero-order valence-electron chi connectivity index (χ0n) is 9.93. The Bertz CT molecular complexity index is 529. The number of anilines is 1. The van der Waals surface area contributed by atoms with E-state index < -0.39 is 0 Å². The minimum absolute atomic E-state index is 0.781. The van der Waals surface area contributed by atoms with E-state index in [0.29, 0.717) is 0 Å². The quantitative estimate of drug-likeness (QED) is 0.840. The highest BCUT2D eigenvalue weighted by atomic mass is 16.6. The molecule has 1 N–H and O–H groups in total. The Labute approximate surface area is 106 Å². The summed E-state index contributed by atoms with van der Waals surface area (Å²) in [6.07, 6.45) is 5.54. The second kappa shape index (κ2) is 4.96. The molecule has 1 aliphatic heterocycles. The maximum Gasteiger partial charge on any atom is 0.155 e. The molecule has 0 saturated carbocycles. The number of ether oxygens (including phenoxy) is 1. The molecule has 0 aliphatic carbocycles. The highest BCUT2D eigenvalue weighted by Gasteiger charge is 2.11. The van der Waals surface area contributed by atoms with Gasteiger partial charge in [-0.15, -0.1) is 0 Å². The van der Waals surface area contributed by atoms with Crippen molar-refractivity contribution in [2.45, 2.75) is 12.8 Å². The van der Waals surface area contributed by atoms with Crippen molar-refractivity contribution in [2.24, 2.45) is 0 Å². The number of aromatic nitrogens is 1. The molecule has 0 unspecified atom stereocenters. The van der Waals surface area contributed by atoms with E-state index >= 15 is 0 Å². The topological polar surface area (TPSA) is 43.4 Å². The third-order valence-corrected chi connectivity index (χ3v) is 2.83. The number of pyridine rings is 1. The molecule has 0 spiro atoms. The molecule has 0 amide bonds. The van der Waals surface area contributed by atoms with Crippen molar-refractivity contribution in [1.29, 1.82) is 0 Å². The van der Waals surface area contributed by atoms with Crippen LogP contribution in [0.25, 0.3) is 0 Å². The average Bonchev–Trinajstić information content (AvgIpc) is 2.46. The van der Waals surface area contributed by atoms with Gasteiger partial charge in [-0.3, -0.25) is 4.98 Å². The minimum atomic E-state index is 0.781. The lowest BCUT2D eigenvalue weighted by atomic mass is 10.1. The molecule has 4 heteroatoms. The molecule has 4 nitrogen and oxygen atoms in total. The molecule has 0 fully saturated rings. The number of fused-ring (bicyclic) bond motifs is 1. The lowest BCUT2D eigenvalue weighted by Crippen LogP contribution is -2.09. The van der Waals surface area contributed by atoms with E-state index in [-0.39, 0.29) is 0 Å². The van der Waals surface area contributed by atoms with Crippen molar-refractivity contribution < 1.29 is 9.57 Å². The fourth-order valence-electron chi connectivity index (χ4n) is 1.94. The summed E-state index contributed by atoms with van der Waals surface area (Å²) in [5.74, 6) is 1.75. The zero-order chi connectivity index (χ0) is 12.2. The van der Waals surface area contributed by atoms with Crippen LogP contribution in [0.5, 0.6) is 11.5 Å². The number of hydrogen-bond donors (Lipinski definition) is 1. The first-order valence-corrected chi connectivity index (χ1v) is 6.00. The van der Waals surface area contributed by atoms with Crippen molar-refractivity contribution in [3.8, 4) is 11.5 Å². The van der Waals surface area contributed by atoms with Crippen LogP contribution in [0.4, 0.5) is 5.69 Å². The molecule has 1 aromatic heterocycles. The summed E-state index contributed by atoms with van der Waals surface area (Å²) in [6, 6.07) is 9.61. The number of nitrogens with one attached hydrogen (secondary N) is 1. The van der Waals surface area contributed by atoms with E-state index in [0.717, 1.165) is 36.6 Å². The summed E-state index contributed by atoms with van der Waals surface area (Å²) < 4.78 is 5.56. The number of aryl methyl sites for hydroxylation is 1. The molecule has 1 aromatic carbocycles. The van der Waals surface area contributed by atoms with Crippen LogP contribution in [0.2, 0.25) is 0 Å². The molecule has 2 aromatic rings. The summed E-state index contributed by atoms with van der Waals surface area (Å²) >= 11 is 0. The predicted octanol–water partition coefficient (Wildman–Crippen LogP) is 2.81. The standard InChI is InChI=1S/C14H14N2O2/c1-4-12(10-15-7-1)16-18-13-5-6-14-11(9-13)3-2-8-17-14/h1,4-7,9-10,16H,2-3,8H2. The van der Waals surface area contributed by atoms with Crippen LogP contribution in [0.15, 0.2) is 42.7 Å². The van der Waals surface area contributed by atoms with Gasteiger partial charge in [0.2, 0.25) is 0 Å². The van der Waals surface area contributed by atoms with E-state index in [9.17, 15) is 0 Å². The molecule has 18 heavy (non-hydrogen) atoms. The average molecular weight is 242 g/mol. The Morgan fingerprint density at radius 1 is 1.28 bits per heavy atom. The largest absolute Gasteiger partial charge is 0.493 e. The van der Waals surface area contributed by atoms with Gasteiger partial charge in [0, 0.05) is 6.20 Å². The summed E-state index contributed by atoms with van der Waals surface area (Å²) in [6.45, 7) is 0.807. The van der Waals surface area contributed by atoms with Gasteiger partial charge in [-0.05, 0) is 48.7 Å². The third kappa shape index (κ3) is 2.37. The van der Waals surface area contributed by atoms with Crippen LogP contribution in [-0.4, -0.2) is 11.6 Å². The van der Waals surface area contributed by atoms with Crippen molar-refractivity contribution in [1.82, 2.24) is 4.98 Å². The highest BCUT2D eigenvalue weighted by molar-refractivity contribution is 5.43. The fourth-order valence-corrected chi connectivity index (χ4v) is 1.94. The van der Waals surface area contributed by atoms with Gasteiger partial charge in [0.1, 0.15) is 5.75 Å². The summed E-state index contributed by atoms with van der Waals surface area (Å²) in [5.41, 5.74) is 4.89. The predicted molar refractivity (Wildman–Crippen MR) is 68.7 cm³/mol.